The molecule has 1 aromatic rings. The summed E-state index contributed by atoms with van der Waals surface area (Å²) in [5.74, 6) is 0. The molecule has 0 unspecified atom stereocenters. The summed E-state index contributed by atoms with van der Waals surface area (Å²) in [7, 11) is -2.20. The van der Waals surface area contributed by atoms with Gasteiger partial charge in [0.25, 0.3) is 0 Å². The summed E-state index contributed by atoms with van der Waals surface area (Å²) in [5, 5.41) is 14.2. The summed E-state index contributed by atoms with van der Waals surface area (Å²) >= 11 is 0. The van der Waals surface area contributed by atoms with Gasteiger partial charge in [-0.1, -0.05) is 0 Å². The molecule has 0 bridgehead atoms. The quantitative estimate of drug-likeness (QED) is 0.669. The van der Waals surface area contributed by atoms with Crippen LogP contribution in [0.1, 0.15) is 0 Å². The van der Waals surface area contributed by atoms with Crippen molar-refractivity contribution >= 4 is 10.0 Å². The van der Waals surface area contributed by atoms with Gasteiger partial charge in [0.1, 0.15) is 11.4 Å². The van der Waals surface area contributed by atoms with E-state index >= 15 is 0 Å². The second-order valence-corrected chi connectivity index (χ2v) is 4.40. The molecule has 0 aromatic carbocycles. The lowest BCUT2D eigenvalue weighted by Crippen LogP contribution is -2.26. The number of nitriles is 1. The first-order valence-electron chi connectivity index (χ1n) is 3.41. The number of hydrogen-bond acceptors (Lipinski definition) is 4. The molecule has 1 rings (SSSR count). The number of aromatic amines is 1. The van der Waals surface area contributed by atoms with E-state index in [0.29, 0.717) is 0 Å². The maximum absolute atomic E-state index is 11.5. The number of nitrogens with one attached hydrogen (secondary N) is 1. The van der Waals surface area contributed by atoms with Crippen LogP contribution in [0, 0.1) is 11.3 Å². The molecule has 0 amide bonds. The lowest BCUT2D eigenvalue weighted by molar-refractivity contribution is 0.502. The minimum Gasteiger partial charge on any atom is -0.284 e. The number of rotatable bonds is 3. The van der Waals surface area contributed by atoms with Crippen molar-refractivity contribution < 1.29 is 8.42 Å². The van der Waals surface area contributed by atoms with Crippen LogP contribution in [0.5, 0.6) is 0 Å². The van der Waals surface area contributed by atoms with Crippen LogP contribution < -0.4 is 0 Å². The van der Waals surface area contributed by atoms with Crippen molar-refractivity contribution in [2.45, 2.75) is 4.90 Å². The molecule has 0 saturated carbocycles. The van der Waals surface area contributed by atoms with Gasteiger partial charge in [0.15, 0.2) is 0 Å². The molecule has 1 heterocycles. The fraction of sp³-hybridized carbons (Fsp3) is 0.333. The smallest absolute Gasteiger partial charge is 0.246 e. The molecule has 0 atom stereocenters. The van der Waals surface area contributed by atoms with E-state index in [2.05, 4.69) is 10.2 Å². The normalized spacial score (nSPS) is 11.5. The Hall–Kier alpha value is -1.39. The third kappa shape index (κ3) is 1.85. The van der Waals surface area contributed by atoms with E-state index < -0.39 is 10.0 Å². The molecular formula is C6H8N4O2S. The topological polar surface area (TPSA) is 89.8 Å². The third-order valence-corrected chi connectivity index (χ3v) is 3.24. The van der Waals surface area contributed by atoms with Crippen LogP contribution in [0.25, 0.3) is 0 Å². The van der Waals surface area contributed by atoms with E-state index in [9.17, 15) is 8.42 Å². The van der Waals surface area contributed by atoms with Gasteiger partial charge in [-0.2, -0.15) is 14.7 Å². The molecule has 0 radical (unpaired) electrons. The summed E-state index contributed by atoms with van der Waals surface area (Å²) in [6.45, 7) is -0.173. The zero-order chi connectivity index (χ0) is 9.90. The van der Waals surface area contributed by atoms with Gasteiger partial charge in [-0.25, -0.2) is 8.42 Å². The maximum atomic E-state index is 11.5. The van der Waals surface area contributed by atoms with E-state index in [0.717, 1.165) is 4.31 Å². The third-order valence-electron chi connectivity index (χ3n) is 1.47. The summed E-state index contributed by atoms with van der Waals surface area (Å²) in [6, 6.07) is 1.75. The van der Waals surface area contributed by atoms with Gasteiger partial charge >= 0.3 is 0 Å². The molecular weight excluding hydrogens is 192 g/mol. The van der Waals surface area contributed by atoms with E-state index in [1.807, 2.05) is 0 Å². The zero-order valence-corrected chi connectivity index (χ0v) is 7.74. The maximum Gasteiger partial charge on any atom is 0.246 e. The Morgan fingerprint density at radius 3 is 2.92 bits per heavy atom. The van der Waals surface area contributed by atoms with Crippen molar-refractivity contribution in [3.63, 3.8) is 0 Å². The highest BCUT2D eigenvalue weighted by molar-refractivity contribution is 7.89. The van der Waals surface area contributed by atoms with Crippen LogP contribution in [0.2, 0.25) is 0 Å². The Kier molecular flexibility index (Phi) is 2.65. The number of nitrogens with zero attached hydrogens (tertiary/aromatic N) is 3. The van der Waals surface area contributed by atoms with Gasteiger partial charge in [-0.3, -0.25) is 5.10 Å². The van der Waals surface area contributed by atoms with Gasteiger partial charge in [-0.15, -0.1) is 0 Å². The SMILES string of the molecule is CN(CC#N)S(=O)(=O)c1cn[nH]c1. The van der Waals surface area contributed by atoms with Gasteiger partial charge in [0.2, 0.25) is 10.0 Å². The predicted molar refractivity (Wildman–Crippen MR) is 44.0 cm³/mol. The molecule has 0 fully saturated rings. The highest BCUT2D eigenvalue weighted by atomic mass is 32.2. The van der Waals surface area contributed by atoms with Crippen molar-refractivity contribution in [1.82, 2.24) is 14.5 Å². The molecule has 1 N–H and O–H groups in total. The number of sulfonamides is 1. The molecule has 0 saturated heterocycles. The number of H-pyrrole nitrogens is 1. The average molecular weight is 200 g/mol. The second-order valence-electron chi connectivity index (χ2n) is 2.35. The molecule has 13 heavy (non-hydrogen) atoms. The Balaban J connectivity index is 2.98. The van der Waals surface area contributed by atoms with Crippen LogP contribution >= 0.6 is 0 Å². The van der Waals surface area contributed by atoms with Crippen molar-refractivity contribution in [2.24, 2.45) is 0 Å². The molecule has 0 aliphatic rings. The van der Waals surface area contributed by atoms with Crippen LogP contribution in [0.3, 0.4) is 0 Å². The Morgan fingerprint density at radius 2 is 2.46 bits per heavy atom. The molecule has 70 valence electrons. The summed E-state index contributed by atoms with van der Waals surface area (Å²) in [6.07, 6.45) is 2.46. The lowest BCUT2D eigenvalue weighted by Gasteiger charge is -2.10. The minimum absolute atomic E-state index is 0.0604. The zero-order valence-electron chi connectivity index (χ0n) is 6.93. The Labute approximate surface area is 75.8 Å². The molecule has 0 spiro atoms. The monoisotopic (exact) mass is 200 g/mol. The minimum atomic E-state index is -3.54. The van der Waals surface area contributed by atoms with Crippen LogP contribution in [0.4, 0.5) is 0 Å². The highest BCUT2D eigenvalue weighted by Gasteiger charge is 2.20. The summed E-state index contributed by atoms with van der Waals surface area (Å²) < 4.78 is 24.0. The molecule has 6 nitrogen and oxygen atoms in total. The largest absolute Gasteiger partial charge is 0.284 e. The van der Waals surface area contributed by atoms with Gasteiger partial charge in [0.05, 0.1) is 12.3 Å². The summed E-state index contributed by atoms with van der Waals surface area (Å²) in [5.41, 5.74) is 0. The predicted octanol–water partition coefficient (Wildman–Crippen LogP) is -0.446. The van der Waals surface area contributed by atoms with Crippen LogP contribution in [-0.2, 0) is 10.0 Å². The molecule has 0 aliphatic heterocycles. The Morgan fingerprint density at radius 1 is 1.77 bits per heavy atom. The fourth-order valence-electron chi connectivity index (χ4n) is 0.745. The highest BCUT2D eigenvalue weighted by Crippen LogP contribution is 2.10. The first kappa shape index (κ1) is 9.70. The second kappa shape index (κ2) is 3.55. The van der Waals surface area contributed by atoms with Crippen LogP contribution in [0.15, 0.2) is 17.3 Å². The van der Waals surface area contributed by atoms with Crippen molar-refractivity contribution in [1.29, 1.82) is 5.26 Å². The van der Waals surface area contributed by atoms with Crippen molar-refractivity contribution in [3.8, 4) is 6.07 Å². The average Bonchev–Trinajstić information content (AvgIpc) is 2.56. The molecule has 1 aromatic heterocycles. The van der Waals surface area contributed by atoms with Crippen molar-refractivity contribution in [2.75, 3.05) is 13.6 Å². The number of hydrogen-bond donors (Lipinski definition) is 1. The first-order chi connectivity index (χ1) is 6.09. The fourth-order valence-corrected chi connectivity index (χ4v) is 1.72. The molecule has 7 heteroatoms. The van der Waals surface area contributed by atoms with E-state index in [-0.39, 0.29) is 11.4 Å². The van der Waals surface area contributed by atoms with Gasteiger partial charge in [-0.05, 0) is 0 Å². The van der Waals surface area contributed by atoms with Crippen LogP contribution in [-0.4, -0.2) is 36.5 Å². The van der Waals surface area contributed by atoms with E-state index in [4.69, 9.17) is 5.26 Å². The molecule has 0 aliphatic carbocycles. The van der Waals surface area contributed by atoms with E-state index in [1.165, 1.54) is 19.4 Å². The van der Waals surface area contributed by atoms with Crippen molar-refractivity contribution in [3.05, 3.63) is 12.4 Å². The Bertz CT molecular complexity index is 402. The van der Waals surface area contributed by atoms with E-state index in [1.54, 1.807) is 6.07 Å². The van der Waals surface area contributed by atoms with Gasteiger partial charge < -0.3 is 0 Å². The van der Waals surface area contributed by atoms with Gasteiger partial charge in [0, 0.05) is 13.2 Å². The standard InChI is InChI=1S/C6H8N4O2S/c1-10(3-2-7)13(11,12)6-4-8-9-5-6/h4-5H,3H2,1H3,(H,8,9). The lowest BCUT2D eigenvalue weighted by atomic mass is 10.7. The number of aromatic nitrogens is 2. The first-order valence-corrected chi connectivity index (χ1v) is 4.85. The summed E-state index contributed by atoms with van der Waals surface area (Å²) in [4.78, 5) is 0.0604.